The van der Waals surface area contributed by atoms with Crippen molar-refractivity contribution in [1.29, 1.82) is 0 Å². The quantitative estimate of drug-likeness (QED) is 0.0471. The van der Waals surface area contributed by atoms with Gasteiger partial charge in [0.05, 0.1) is 44.7 Å². The second kappa shape index (κ2) is 27.5. The molecule has 10 N–H and O–H groups in total. The summed E-state index contributed by atoms with van der Waals surface area (Å²) in [5.74, 6) is -9.30. The van der Waals surface area contributed by atoms with Gasteiger partial charge in [0.25, 0.3) is 0 Å². The van der Waals surface area contributed by atoms with E-state index in [1.807, 2.05) is 18.2 Å². The van der Waals surface area contributed by atoms with E-state index in [2.05, 4.69) is 36.8 Å². The third-order valence-electron chi connectivity index (χ3n) is 14.0. The van der Waals surface area contributed by atoms with Crippen molar-refractivity contribution in [2.45, 2.75) is 108 Å². The predicted octanol–water partition coefficient (Wildman–Crippen LogP) is -2.93. The van der Waals surface area contributed by atoms with Gasteiger partial charge in [-0.15, -0.1) is 0 Å². The fourth-order valence-corrected chi connectivity index (χ4v) is 9.67. The lowest BCUT2D eigenvalue weighted by Crippen LogP contribution is -2.59. The van der Waals surface area contributed by atoms with Crippen LogP contribution in [0.4, 0.5) is 5.69 Å². The average Bonchev–Trinajstić information content (AvgIpc) is 3.93. The molecule has 0 aliphatic carbocycles. The zero-order chi connectivity index (χ0) is 55.9. The van der Waals surface area contributed by atoms with Gasteiger partial charge in [-0.3, -0.25) is 72.3 Å². The number of aliphatic hydroxyl groups is 1. The summed E-state index contributed by atoms with van der Waals surface area (Å²) in [5, 5.41) is 53.4. The summed E-state index contributed by atoms with van der Waals surface area (Å²) in [6.07, 6.45) is -1.70. The lowest BCUT2D eigenvalue weighted by molar-refractivity contribution is -0.155. The molecule has 0 saturated carbocycles. The number of benzene rings is 2. The van der Waals surface area contributed by atoms with Crippen LogP contribution in [0.1, 0.15) is 68.2 Å². The monoisotopic (exact) mass is 1080 g/mol. The van der Waals surface area contributed by atoms with Crippen molar-refractivity contribution < 1.29 is 77.9 Å². The van der Waals surface area contributed by atoms with Gasteiger partial charge < -0.3 is 57.1 Å². The Morgan fingerprint density at radius 2 is 1.31 bits per heavy atom. The summed E-state index contributed by atoms with van der Waals surface area (Å²) in [7, 11) is 0. The number of nitrogens with zero attached hydrogens (tertiary/aromatic N) is 4. The fraction of sp³-hybridized carbons (Fsp3) is 0.549. The highest BCUT2D eigenvalue weighted by Gasteiger charge is 2.46. The van der Waals surface area contributed by atoms with Crippen LogP contribution in [0.25, 0.3) is 0 Å². The summed E-state index contributed by atoms with van der Waals surface area (Å²) in [4.78, 5) is 147. The SMILES string of the molecule is CC[C@H](C)[C@H](NC(=O)CNC(=O)CNC(=O)[C@H](CCC(=O)O)NC(=O)Cc1ccc(CN2CCN(CC(=O)O)CCN(CC(=O)O)CC2)cc1)C(=O)N[C@H]1CCc2cccc3c2N(C1=O)[C@H](C(=O)N[C@@H]1CC(=O)O[C@H]1O)C3. The summed E-state index contributed by atoms with van der Waals surface area (Å²) in [6.45, 7) is 5.11. The number of rotatable bonds is 24. The number of esters is 1. The molecule has 0 aromatic heterocycles. The number of carbonyl (C=O) groups is 11. The van der Waals surface area contributed by atoms with Crippen LogP contribution in [0.3, 0.4) is 0 Å². The first kappa shape index (κ1) is 58.7. The Morgan fingerprint density at radius 1 is 0.701 bits per heavy atom. The van der Waals surface area contributed by atoms with E-state index < -0.39 is 127 Å². The van der Waals surface area contributed by atoms with Gasteiger partial charge in [0.2, 0.25) is 47.6 Å². The lowest BCUT2D eigenvalue weighted by atomic mass is 9.97. The molecule has 0 spiro atoms. The maximum absolute atomic E-state index is 14.3. The van der Waals surface area contributed by atoms with Crippen LogP contribution in [0, 0.1) is 5.92 Å². The standard InChI is InChI=1S/C51H68N10O16/c1-3-29(2)45(49(74)55-35-12-11-32-5-4-6-33-22-37(61(46(32)33)50(35)75)48(73)56-36-23-44(71)77-51(36)76)57-40(64)25-52-39(63)24-53-47(72)34(13-14-41(65)66)54-38(62)21-30-7-9-31(10-8-30)26-58-15-17-59(27-42(67)68)19-20-60(18-16-58)28-43(69)70/h4-10,29,34-37,45,51,76H,3,11-28H2,1-2H3,(H,52,63)(H,53,72)(H,54,62)(H,55,74)(H,56,73)(H,57,64)(H,65,66)(H,67,68)(H,69,70)/t29-,34-,35-,36+,37-,45-,51+/m0/s1. The van der Waals surface area contributed by atoms with Crippen LogP contribution in [0.5, 0.6) is 0 Å². The Hall–Kier alpha value is -7.55. The van der Waals surface area contributed by atoms with Gasteiger partial charge in [-0.05, 0) is 47.4 Å². The highest BCUT2D eigenvalue weighted by Crippen LogP contribution is 2.39. The highest BCUT2D eigenvalue weighted by molar-refractivity contribution is 6.08. The van der Waals surface area contributed by atoms with E-state index in [0.29, 0.717) is 69.9 Å². The van der Waals surface area contributed by atoms with E-state index in [0.717, 1.165) is 16.7 Å². The third kappa shape index (κ3) is 17.0. The normalized spacial score (nSPS) is 21.1. The molecule has 2 aromatic carbocycles. The van der Waals surface area contributed by atoms with Crippen LogP contribution < -0.4 is 36.8 Å². The van der Waals surface area contributed by atoms with Crippen molar-refractivity contribution in [3.63, 3.8) is 0 Å². The number of carboxylic acid groups (broad SMARTS) is 3. The molecule has 0 bridgehead atoms. The van der Waals surface area contributed by atoms with Crippen molar-refractivity contribution in [3.8, 4) is 0 Å². The molecule has 4 heterocycles. The minimum atomic E-state index is -1.55. The summed E-state index contributed by atoms with van der Waals surface area (Å²) in [6, 6.07) is 6.75. The smallest absolute Gasteiger partial charge is 0.317 e. The van der Waals surface area contributed by atoms with Crippen LogP contribution >= 0.6 is 0 Å². The molecule has 2 fully saturated rings. The van der Waals surface area contributed by atoms with E-state index >= 15 is 0 Å². The first-order chi connectivity index (χ1) is 36.7. The molecule has 0 radical (unpaired) electrons. The molecular weight excluding hydrogens is 1010 g/mol. The van der Waals surface area contributed by atoms with Crippen LogP contribution in [-0.4, -0.2) is 202 Å². The number of aliphatic hydroxyl groups excluding tert-OH is 1. The van der Waals surface area contributed by atoms with E-state index in [1.54, 1.807) is 47.9 Å². The Bertz CT molecular complexity index is 2520. The molecule has 2 aromatic rings. The molecule has 7 atom stereocenters. The number of hydrogen-bond acceptors (Lipinski definition) is 16. The molecule has 0 unspecified atom stereocenters. The topological polar surface area (TPSA) is 363 Å². The van der Waals surface area contributed by atoms with E-state index in [4.69, 9.17) is 4.74 Å². The van der Waals surface area contributed by atoms with Crippen molar-refractivity contribution in [2.24, 2.45) is 5.92 Å². The van der Waals surface area contributed by atoms with Crippen LogP contribution in [-0.2, 0) is 83.3 Å². The van der Waals surface area contributed by atoms with Crippen molar-refractivity contribution in [3.05, 3.63) is 64.7 Å². The van der Waals surface area contributed by atoms with Gasteiger partial charge >= 0.3 is 23.9 Å². The fourth-order valence-electron chi connectivity index (χ4n) is 9.67. The Labute approximate surface area is 443 Å². The molecule has 418 valence electrons. The van der Waals surface area contributed by atoms with E-state index in [-0.39, 0.29) is 45.2 Å². The number of nitrogens with one attached hydrogen (secondary N) is 6. The minimum absolute atomic E-state index is 0.142. The number of hydrogen-bond donors (Lipinski definition) is 10. The summed E-state index contributed by atoms with van der Waals surface area (Å²) < 4.78 is 4.75. The van der Waals surface area contributed by atoms with Gasteiger partial charge in [0.1, 0.15) is 30.2 Å². The number of aliphatic carboxylic acids is 3. The van der Waals surface area contributed by atoms with Gasteiger partial charge in [0.15, 0.2) is 0 Å². The number of amides is 7. The maximum Gasteiger partial charge on any atom is 0.317 e. The first-order valence-corrected chi connectivity index (χ1v) is 25.6. The minimum Gasteiger partial charge on any atom is -0.481 e. The number of anilines is 1. The van der Waals surface area contributed by atoms with E-state index in [1.165, 1.54) is 4.90 Å². The zero-order valence-corrected chi connectivity index (χ0v) is 43.0. The zero-order valence-electron chi connectivity index (χ0n) is 43.0. The second-order valence-corrected chi connectivity index (χ2v) is 19.7. The molecule has 26 heteroatoms. The summed E-state index contributed by atoms with van der Waals surface area (Å²) in [5.41, 5.74) is 3.50. The van der Waals surface area contributed by atoms with Crippen molar-refractivity contribution >= 4 is 70.9 Å². The molecule has 2 saturated heterocycles. The second-order valence-electron chi connectivity index (χ2n) is 19.7. The van der Waals surface area contributed by atoms with Gasteiger partial charge in [-0.2, -0.15) is 0 Å². The first-order valence-electron chi connectivity index (χ1n) is 25.6. The van der Waals surface area contributed by atoms with Crippen LogP contribution in [0.15, 0.2) is 42.5 Å². The number of para-hydroxylation sites is 1. The molecule has 6 rings (SSSR count). The van der Waals surface area contributed by atoms with Gasteiger partial charge in [-0.25, -0.2) is 0 Å². The molecule has 77 heavy (non-hydrogen) atoms. The number of carbonyl (C=O) groups excluding carboxylic acids is 8. The third-order valence-corrected chi connectivity index (χ3v) is 14.0. The largest absolute Gasteiger partial charge is 0.481 e. The average molecular weight is 1080 g/mol. The molecule has 7 amide bonds. The lowest BCUT2D eigenvalue weighted by Gasteiger charge is -2.30. The van der Waals surface area contributed by atoms with E-state index in [9.17, 15) is 73.2 Å². The van der Waals surface area contributed by atoms with Crippen molar-refractivity contribution in [1.82, 2.24) is 46.6 Å². The predicted molar refractivity (Wildman–Crippen MR) is 270 cm³/mol. The number of aryl methyl sites for hydroxylation is 1. The van der Waals surface area contributed by atoms with Gasteiger partial charge in [0, 0.05) is 58.7 Å². The Balaban J connectivity index is 0.979. The van der Waals surface area contributed by atoms with Crippen LogP contribution in [0.2, 0.25) is 0 Å². The Morgan fingerprint density at radius 3 is 1.91 bits per heavy atom. The molecule has 4 aliphatic rings. The van der Waals surface area contributed by atoms with Crippen molar-refractivity contribution in [2.75, 3.05) is 70.3 Å². The number of ether oxygens (including phenoxy) is 1. The Kier molecular flexibility index (Phi) is 21.0. The van der Waals surface area contributed by atoms with Gasteiger partial charge in [-0.1, -0.05) is 62.7 Å². The number of cyclic esters (lactones) is 1. The molecule has 4 aliphatic heterocycles. The molecule has 26 nitrogen and oxygen atoms in total. The highest BCUT2D eigenvalue weighted by atomic mass is 16.6. The summed E-state index contributed by atoms with van der Waals surface area (Å²) >= 11 is 0. The number of carboxylic acids is 3. The molecular formula is C51H68N10O16. The maximum atomic E-state index is 14.3.